The molecule has 3 rings (SSSR count). The van der Waals surface area contributed by atoms with E-state index >= 15 is 0 Å². The van der Waals surface area contributed by atoms with Gasteiger partial charge in [0.05, 0.1) is 12.9 Å². The number of nitrogens with one attached hydrogen (secondary N) is 1. The number of Topliss-reactive ketones (excluding diaryl/α,β-unsaturated/α-hetero) is 1. The Labute approximate surface area is 173 Å². The number of carbonyl (C=O) groups excluding carboxylic acids is 2. The molecule has 1 heterocycles. The van der Waals surface area contributed by atoms with Crippen LogP contribution in [0, 0.1) is 0 Å². The van der Waals surface area contributed by atoms with Crippen LogP contribution in [0.25, 0.3) is 11.4 Å². The molecule has 0 bridgehead atoms. The van der Waals surface area contributed by atoms with Gasteiger partial charge in [-0.1, -0.05) is 23.9 Å². The Balaban J connectivity index is 1.75. The summed E-state index contributed by atoms with van der Waals surface area (Å²) in [6.45, 7) is 4.13. The van der Waals surface area contributed by atoms with Gasteiger partial charge < -0.3 is 14.6 Å². The highest BCUT2D eigenvalue weighted by Gasteiger charge is 2.16. The Morgan fingerprint density at radius 3 is 2.55 bits per heavy atom. The minimum Gasteiger partial charge on any atom is -0.497 e. The Hall–Kier alpha value is -3.13. The number of hydrogen-bond acceptors (Lipinski definition) is 6. The number of carbonyl (C=O) groups is 2. The van der Waals surface area contributed by atoms with Crippen molar-refractivity contribution >= 4 is 29.1 Å². The lowest BCUT2D eigenvalue weighted by Gasteiger charge is -2.09. The zero-order valence-electron chi connectivity index (χ0n) is 16.5. The minimum absolute atomic E-state index is 0.0116. The molecule has 1 amide bonds. The van der Waals surface area contributed by atoms with E-state index in [-0.39, 0.29) is 17.4 Å². The summed E-state index contributed by atoms with van der Waals surface area (Å²) >= 11 is 1.35. The lowest BCUT2D eigenvalue weighted by molar-refractivity contribution is -0.114. The average Bonchev–Trinajstić information content (AvgIpc) is 3.14. The summed E-state index contributed by atoms with van der Waals surface area (Å²) < 4.78 is 7.08. The van der Waals surface area contributed by atoms with Gasteiger partial charge in [-0.15, -0.1) is 10.2 Å². The molecule has 150 valence electrons. The SMILES string of the molecule is CCn1c(SCC(=O)c2ccc(OC)cc2)nnc1-c1cccc(NC(C)=O)c1. The highest BCUT2D eigenvalue weighted by Crippen LogP contribution is 2.26. The molecule has 0 spiro atoms. The molecule has 0 saturated carbocycles. The zero-order chi connectivity index (χ0) is 20.8. The molecule has 3 aromatic rings. The summed E-state index contributed by atoms with van der Waals surface area (Å²) in [5.74, 6) is 1.55. The number of hydrogen-bond donors (Lipinski definition) is 1. The highest BCUT2D eigenvalue weighted by atomic mass is 32.2. The van der Waals surface area contributed by atoms with E-state index in [0.717, 1.165) is 5.56 Å². The molecular formula is C21H22N4O3S. The molecule has 8 heteroatoms. The summed E-state index contributed by atoms with van der Waals surface area (Å²) in [5, 5.41) is 12.0. The molecule has 1 aromatic heterocycles. The van der Waals surface area contributed by atoms with Gasteiger partial charge in [-0.2, -0.15) is 0 Å². The Kier molecular flexibility index (Phi) is 6.66. The van der Waals surface area contributed by atoms with Crippen LogP contribution in [0.5, 0.6) is 5.75 Å². The number of rotatable bonds is 8. The maximum absolute atomic E-state index is 12.5. The van der Waals surface area contributed by atoms with E-state index in [1.807, 2.05) is 35.8 Å². The van der Waals surface area contributed by atoms with Crippen LogP contribution < -0.4 is 10.1 Å². The third-order valence-electron chi connectivity index (χ3n) is 4.22. The van der Waals surface area contributed by atoms with Crippen LogP contribution in [-0.4, -0.2) is 39.3 Å². The van der Waals surface area contributed by atoms with Crippen molar-refractivity contribution in [1.29, 1.82) is 0 Å². The predicted molar refractivity (Wildman–Crippen MR) is 113 cm³/mol. The van der Waals surface area contributed by atoms with Crippen molar-refractivity contribution in [3.8, 4) is 17.1 Å². The van der Waals surface area contributed by atoms with E-state index in [9.17, 15) is 9.59 Å². The summed E-state index contributed by atoms with van der Waals surface area (Å²) in [5.41, 5.74) is 2.17. The highest BCUT2D eigenvalue weighted by molar-refractivity contribution is 7.99. The quantitative estimate of drug-likeness (QED) is 0.448. The van der Waals surface area contributed by atoms with Gasteiger partial charge >= 0.3 is 0 Å². The average molecular weight is 410 g/mol. The van der Waals surface area contributed by atoms with Crippen LogP contribution in [-0.2, 0) is 11.3 Å². The van der Waals surface area contributed by atoms with Gasteiger partial charge in [0, 0.05) is 30.3 Å². The van der Waals surface area contributed by atoms with Gasteiger partial charge in [-0.3, -0.25) is 9.59 Å². The van der Waals surface area contributed by atoms with E-state index in [1.165, 1.54) is 18.7 Å². The second kappa shape index (κ2) is 9.38. The van der Waals surface area contributed by atoms with Crippen molar-refractivity contribution in [2.75, 3.05) is 18.2 Å². The fraction of sp³-hybridized carbons (Fsp3) is 0.238. The van der Waals surface area contributed by atoms with Gasteiger partial charge in [0.2, 0.25) is 5.91 Å². The van der Waals surface area contributed by atoms with Gasteiger partial charge in [-0.05, 0) is 43.3 Å². The first-order chi connectivity index (χ1) is 14.0. The number of ketones is 1. The molecular weight excluding hydrogens is 388 g/mol. The zero-order valence-corrected chi connectivity index (χ0v) is 17.3. The van der Waals surface area contributed by atoms with Crippen LogP contribution >= 0.6 is 11.8 Å². The van der Waals surface area contributed by atoms with Gasteiger partial charge in [0.1, 0.15) is 5.75 Å². The van der Waals surface area contributed by atoms with E-state index in [2.05, 4.69) is 15.5 Å². The van der Waals surface area contributed by atoms with E-state index < -0.39 is 0 Å². The third-order valence-corrected chi connectivity index (χ3v) is 5.19. The molecule has 1 N–H and O–H groups in total. The number of amides is 1. The molecule has 7 nitrogen and oxygen atoms in total. The van der Waals surface area contributed by atoms with Gasteiger partial charge in [0.15, 0.2) is 16.8 Å². The van der Waals surface area contributed by atoms with Crippen molar-refractivity contribution in [1.82, 2.24) is 14.8 Å². The Morgan fingerprint density at radius 2 is 1.90 bits per heavy atom. The maximum atomic E-state index is 12.5. The molecule has 0 aliphatic carbocycles. The first kappa shape index (κ1) is 20.6. The van der Waals surface area contributed by atoms with Gasteiger partial charge in [0.25, 0.3) is 0 Å². The molecule has 29 heavy (non-hydrogen) atoms. The van der Waals surface area contributed by atoms with Crippen LogP contribution in [0.1, 0.15) is 24.2 Å². The van der Waals surface area contributed by atoms with Crippen molar-refractivity contribution in [2.24, 2.45) is 0 Å². The molecule has 0 saturated heterocycles. The van der Waals surface area contributed by atoms with Crippen molar-refractivity contribution in [3.05, 3.63) is 54.1 Å². The third kappa shape index (κ3) is 5.03. The lowest BCUT2D eigenvalue weighted by Crippen LogP contribution is -2.06. The van der Waals surface area contributed by atoms with Gasteiger partial charge in [-0.25, -0.2) is 0 Å². The largest absolute Gasteiger partial charge is 0.497 e. The second-order valence-electron chi connectivity index (χ2n) is 6.25. The number of aromatic nitrogens is 3. The number of anilines is 1. The molecule has 0 aliphatic rings. The Morgan fingerprint density at radius 1 is 1.14 bits per heavy atom. The lowest BCUT2D eigenvalue weighted by atomic mass is 10.1. The topological polar surface area (TPSA) is 86.1 Å². The molecule has 0 atom stereocenters. The monoisotopic (exact) mass is 410 g/mol. The molecule has 0 radical (unpaired) electrons. The number of ether oxygens (including phenoxy) is 1. The number of methoxy groups -OCH3 is 1. The Bertz CT molecular complexity index is 1020. The first-order valence-electron chi connectivity index (χ1n) is 9.13. The molecule has 0 aliphatic heterocycles. The molecule has 0 unspecified atom stereocenters. The van der Waals surface area contributed by atoms with E-state index in [4.69, 9.17) is 4.74 Å². The molecule has 2 aromatic carbocycles. The fourth-order valence-corrected chi connectivity index (χ4v) is 3.72. The van der Waals surface area contributed by atoms with Crippen molar-refractivity contribution in [2.45, 2.75) is 25.5 Å². The first-order valence-corrected chi connectivity index (χ1v) is 10.1. The van der Waals surface area contributed by atoms with Crippen LogP contribution in [0.3, 0.4) is 0 Å². The van der Waals surface area contributed by atoms with Crippen LogP contribution in [0.4, 0.5) is 5.69 Å². The smallest absolute Gasteiger partial charge is 0.221 e. The standard InChI is InChI=1S/C21H22N4O3S/c1-4-25-20(16-6-5-7-17(12-16)22-14(2)26)23-24-21(25)29-13-19(27)15-8-10-18(28-3)11-9-15/h5-12H,4,13H2,1-3H3,(H,22,26). The molecule has 0 fully saturated rings. The summed E-state index contributed by atoms with van der Waals surface area (Å²) in [6, 6.07) is 14.5. The maximum Gasteiger partial charge on any atom is 0.221 e. The van der Waals surface area contributed by atoms with Crippen molar-refractivity contribution < 1.29 is 14.3 Å². The second-order valence-corrected chi connectivity index (χ2v) is 7.20. The number of benzene rings is 2. The fourth-order valence-electron chi connectivity index (χ4n) is 2.82. The van der Waals surface area contributed by atoms with E-state index in [0.29, 0.717) is 34.5 Å². The minimum atomic E-state index is -0.132. The number of thioether (sulfide) groups is 1. The summed E-state index contributed by atoms with van der Waals surface area (Å²) in [6.07, 6.45) is 0. The summed E-state index contributed by atoms with van der Waals surface area (Å²) in [7, 11) is 1.59. The van der Waals surface area contributed by atoms with Crippen molar-refractivity contribution in [3.63, 3.8) is 0 Å². The van der Waals surface area contributed by atoms with Crippen LogP contribution in [0.2, 0.25) is 0 Å². The van der Waals surface area contributed by atoms with E-state index in [1.54, 1.807) is 31.4 Å². The normalized spacial score (nSPS) is 10.6. The van der Waals surface area contributed by atoms with Crippen LogP contribution in [0.15, 0.2) is 53.7 Å². The predicted octanol–water partition coefficient (Wildman–Crippen LogP) is 3.91. The summed E-state index contributed by atoms with van der Waals surface area (Å²) in [4.78, 5) is 23.8. The number of nitrogens with zero attached hydrogens (tertiary/aromatic N) is 3.